The zero-order valence-corrected chi connectivity index (χ0v) is 13.1. The van der Waals surface area contributed by atoms with Gasteiger partial charge in [0.25, 0.3) is 0 Å². The van der Waals surface area contributed by atoms with Gasteiger partial charge in [-0.1, -0.05) is 0 Å². The summed E-state index contributed by atoms with van der Waals surface area (Å²) in [5.41, 5.74) is 0. The lowest BCUT2D eigenvalue weighted by Crippen LogP contribution is -2.59. The second-order valence-corrected chi connectivity index (χ2v) is 7.26. The van der Waals surface area contributed by atoms with E-state index < -0.39 is 18.2 Å². The first-order valence-corrected chi connectivity index (χ1v) is 8.23. The summed E-state index contributed by atoms with van der Waals surface area (Å²) >= 11 is 0. The van der Waals surface area contributed by atoms with Crippen LogP contribution in [0.1, 0.15) is 20.3 Å². The van der Waals surface area contributed by atoms with Gasteiger partial charge in [-0.25, -0.2) is 0 Å². The molecule has 5 saturated heterocycles. The van der Waals surface area contributed by atoms with Crippen LogP contribution in [0.3, 0.4) is 0 Å². The van der Waals surface area contributed by atoms with Crippen LogP contribution in [0.5, 0.6) is 0 Å². The lowest BCUT2D eigenvalue weighted by Gasteiger charge is -2.47. The van der Waals surface area contributed by atoms with Crippen LogP contribution in [0.15, 0.2) is 0 Å². The van der Waals surface area contributed by atoms with Crippen molar-refractivity contribution in [1.82, 2.24) is 0 Å². The van der Waals surface area contributed by atoms with Crippen molar-refractivity contribution in [2.45, 2.75) is 81.4 Å². The Hall–Kier alpha value is -0.320. The Balaban J connectivity index is 1.25. The molecular formula is C15H22O8. The summed E-state index contributed by atoms with van der Waals surface area (Å²) in [7, 11) is 0. The number of fused-ring (bicyclic) bond motifs is 5. The highest BCUT2D eigenvalue weighted by Crippen LogP contribution is 2.44. The molecule has 0 aliphatic carbocycles. The van der Waals surface area contributed by atoms with E-state index in [-0.39, 0.29) is 42.9 Å². The predicted molar refractivity (Wildman–Crippen MR) is 72.3 cm³/mol. The molecule has 8 nitrogen and oxygen atoms in total. The maximum Gasteiger partial charge on any atom is 0.187 e. The zero-order chi connectivity index (χ0) is 15.8. The standard InChI is InChI=1S/C15H22O8/c1-15(2)18-5-8-7(23-15)3-6(16)13(19-8)22-10-9-4-17-14(20-9)12-11(10)21-12/h6-14,16H,3-5H2,1-2H3/t6-,7+,8-,9-,10-,11+,12+,13+,14-/m1/s1. The minimum Gasteiger partial charge on any atom is -0.388 e. The second-order valence-electron chi connectivity index (χ2n) is 7.26. The lowest BCUT2D eigenvalue weighted by molar-refractivity contribution is -0.367. The van der Waals surface area contributed by atoms with Crippen LogP contribution >= 0.6 is 0 Å². The topological polar surface area (TPSA) is 88.1 Å². The van der Waals surface area contributed by atoms with Crippen molar-refractivity contribution >= 4 is 0 Å². The molecule has 0 aromatic heterocycles. The van der Waals surface area contributed by atoms with Crippen molar-refractivity contribution < 1.29 is 38.3 Å². The largest absolute Gasteiger partial charge is 0.388 e. The van der Waals surface area contributed by atoms with Crippen molar-refractivity contribution in [3.05, 3.63) is 0 Å². The SMILES string of the molecule is CC1(C)OC[C@H]2O[C@@H](O[C@H]3[C@@H]4O[C@@H]4[C@@H]4OC[C@H]3O4)[C@H](O)C[C@@H]2O1. The molecule has 1 N–H and O–H groups in total. The van der Waals surface area contributed by atoms with E-state index in [9.17, 15) is 5.11 Å². The molecule has 2 bridgehead atoms. The summed E-state index contributed by atoms with van der Waals surface area (Å²) in [4.78, 5) is 0. The highest BCUT2D eigenvalue weighted by molar-refractivity contribution is 5.05. The second kappa shape index (κ2) is 5.09. The molecule has 0 radical (unpaired) electrons. The molecule has 5 fully saturated rings. The van der Waals surface area contributed by atoms with E-state index in [1.165, 1.54) is 0 Å². The number of aliphatic hydroxyl groups is 1. The molecule has 130 valence electrons. The summed E-state index contributed by atoms with van der Waals surface area (Å²) in [6.07, 6.45) is -2.30. The van der Waals surface area contributed by atoms with Gasteiger partial charge in [-0.2, -0.15) is 0 Å². The Morgan fingerprint density at radius 1 is 1.00 bits per heavy atom. The Kier molecular flexibility index (Phi) is 3.31. The number of epoxide rings is 1. The van der Waals surface area contributed by atoms with Crippen LogP contribution in [-0.2, 0) is 33.2 Å². The summed E-state index contributed by atoms with van der Waals surface area (Å²) in [6, 6.07) is 0. The first-order valence-electron chi connectivity index (χ1n) is 8.23. The fourth-order valence-corrected chi connectivity index (χ4v) is 3.86. The van der Waals surface area contributed by atoms with Crippen molar-refractivity contribution in [1.29, 1.82) is 0 Å². The summed E-state index contributed by atoms with van der Waals surface area (Å²) in [5, 5.41) is 10.4. The molecule has 8 heteroatoms. The van der Waals surface area contributed by atoms with Gasteiger partial charge in [0.15, 0.2) is 18.4 Å². The minimum absolute atomic E-state index is 0.0347. The predicted octanol–water partition coefficient (Wildman–Crippen LogP) is -0.478. The van der Waals surface area contributed by atoms with Gasteiger partial charge in [-0.05, 0) is 13.8 Å². The number of ether oxygens (including phenoxy) is 7. The Bertz CT molecular complexity index is 484. The van der Waals surface area contributed by atoms with Gasteiger partial charge in [-0.3, -0.25) is 0 Å². The quantitative estimate of drug-likeness (QED) is 0.680. The smallest absolute Gasteiger partial charge is 0.187 e. The van der Waals surface area contributed by atoms with E-state index in [0.29, 0.717) is 19.6 Å². The maximum atomic E-state index is 10.4. The summed E-state index contributed by atoms with van der Waals surface area (Å²) in [6.45, 7) is 4.63. The van der Waals surface area contributed by atoms with E-state index >= 15 is 0 Å². The fourth-order valence-electron chi connectivity index (χ4n) is 3.86. The number of aliphatic hydroxyl groups excluding tert-OH is 1. The Morgan fingerprint density at radius 3 is 2.74 bits per heavy atom. The number of hydrogen-bond donors (Lipinski definition) is 1. The Morgan fingerprint density at radius 2 is 1.87 bits per heavy atom. The molecule has 5 aliphatic heterocycles. The van der Waals surface area contributed by atoms with Gasteiger partial charge in [0.05, 0.1) is 19.3 Å². The van der Waals surface area contributed by atoms with Crippen LogP contribution in [0.2, 0.25) is 0 Å². The third kappa shape index (κ3) is 2.52. The Labute approximate surface area is 133 Å². The van der Waals surface area contributed by atoms with Gasteiger partial charge in [0, 0.05) is 6.42 Å². The normalized spacial score (nSPS) is 56.7. The average Bonchev–Trinajstić information content (AvgIpc) is 3.17. The molecular weight excluding hydrogens is 308 g/mol. The van der Waals surface area contributed by atoms with E-state index in [1.54, 1.807) is 0 Å². The van der Waals surface area contributed by atoms with Gasteiger partial charge >= 0.3 is 0 Å². The van der Waals surface area contributed by atoms with E-state index in [0.717, 1.165) is 0 Å². The molecule has 0 aromatic carbocycles. The van der Waals surface area contributed by atoms with Crippen LogP contribution in [0.25, 0.3) is 0 Å². The molecule has 5 rings (SSSR count). The molecule has 0 amide bonds. The van der Waals surface area contributed by atoms with Crippen molar-refractivity contribution in [3.8, 4) is 0 Å². The molecule has 5 aliphatic rings. The fraction of sp³-hybridized carbons (Fsp3) is 1.00. The molecule has 9 atom stereocenters. The van der Waals surface area contributed by atoms with E-state index in [2.05, 4.69) is 0 Å². The highest BCUT2D eigenvalue weighted by atomic mass is 16.8. The monoisotopic (exact) mass is 330 g/mol. The highest BCUT2D eigenvalue weighted by Gasteiger charge is 2.63. The van der Waals surface area contributed by atoms with E-state index in [1.807, 2.05) is 13.8 Å². The van der Waals surface area contributed by atoms with Crippen molar-refractivity contribution in [2.24, 2.45) is 0 Å². The first kappa shape index (κ1) is 15.0. The van der Waals surface area contributed by atoms with Gasteiger partial charge in [-0.15, -0.1) is 0 Å². The number of rotatable bonds is 2. The minimum atomic E-state index is -0.762. The molecule has 0 spiro atoms. The maximum absolute atomic E-state index is 10.4. The number of hydrogen-bond acceptors (Lipinski definition) is 8. The first-order chi connectivity index (χ1) is 11.0. The van der Waals surface area contributed by atoms with Crippen molar-refractivity contribution in [2.75, 3.05) is 13.2 Å². The van der Waals surface area contributed by atoms with Crippen LogP contribution < -0.4 is 0 Å². The summed E-state index contributed by atoms with van der Waals surface area (Å²) in [5.74, 6) is -0.652. The molecule has 0 saturated carbocycles. The summed E-state index contributed by atoms with van der Waals surface area (Å²) < 4.78 is 40.2. The lowest BCUT2D eigenvalue weighted by atomic mass is 10.0. The van der Waals surface area contributed by atoms with Crippen LogP contribution in [-0.4, -0.2) is 79.4 Å². The van der Waals surface area contributed by atoms with Crippen LogP contribution in [0.4, 0.5) is 0 Å². The third-order valence-electron chi connectivity index (χ3n) is 5.09. The van der Waals surface area contributed by atoms with Gasteiger partial charge in [0.1, 0.15) is 36.6 Å². The van der Waals surface area contributed by atoms with Crippen molar-refractivity contribution in [3.63, 3.8) is 0 Å². The zero-order valence-electron chi connectivity index (χ0n) is 13.1. The van der Waals surface area contributed by atoms with Crippen LogP contribution in [0, 0.1) is 0 Å². The molecule has 23 heavy (non-hydrogen) atoms. The van der Waals surface area contributed by atoms with Gasteiger partial charge in [0.2, 0.25) is 0 Å². The van der Waals surface area contributed by atoms with Gasteiger partial charge < -0.3 is 38.3 Å². The van der Waals surface area contributed by atoms with E-state index in [4.69, 9.17) is 33.2 Å². The molecule has 0 unspecified atom stereocenters. The third-order valence-corrected chi connectivity index (χ3v) is 5.09. The average molecular weight is 330 g/mol. The molecule has 5 heterocycles. The molecule has 0 aromatic rings.